The summed E-state index contributed by atoms with van der Waals surface area (Å²) in [5.41, 5.74) is 13.1. The van der Waals surface area contributed by atoms with Crippen molar-refractivity contribution in [2.24, 2.45) is 0 Å². The number of benzene rings is 1. The van der Waals surface area contributed by atoms with E-state index in [4.69, 9.17) is 20.9 Å². The third-order valence-electron chi connectivity index (χ3n) is 3.66. The van der Waals surface area contributed by atoms with Gasteiger partial charge in [0.25, 0.3) is 0 Å². The highest BCUT2D eigenvalue weighted by molar-refractivity contribution is 5.62. The van der Waals surface area contributed by atoms with Crippen LogP contribution in [0.15, 0.2) is 24.3 Å². The van der Waals surface area contributed by atoms with Gasteiger partial charge in [0.1, 0.15) is 0 Å². The minimum absolute atomic E-state index is 0.0904. The maximum atomic E-state index is 5.98. The zero-order chi connectivity index (χ0) is 18.1. The van der Waals surface area contributed by atoms with E-state index in [0.717, 1.165) is 36.8 Å². The van der Waals surface area contributed by atoms with E-state index in [2.05, 4.69) is 28.8 Å². The molecule has 2 rings (SSSR count). The monoisotopic (exact) mass is 345 g/mol. The van der Waals surface area contributed by atoms with Crippen molar-refractivity contribution >= 4 is 11.9 Å². The smallest absolute Gasteiger partial charge is 0.225 e. The molecule has 7 nitrogen and oxygen atoms in total. The van der Waals surface area contributed by atoms with Gasteiger partial charge in [0.2, 0.25) is 11.9 Å². The average Bonchev–Trinajstić information content (AvgIpc) is 2.60. The summed E-state index contributed by atoms with van der Waals surface area (Å²) < 4.78 is 12.0. The molecule has 0 amide bonds. The molecule has 0 unspecified atom stereocenters. The Balaban J connectivity index is 2.32. The van der Waals surface area contributed by atoms with Gasteiger partial charge in [-0.2, -0.15) is 15.0 Å². The van der Waals surface area contributed by atoms with Gasteiger partial charge in [-0.25, -0.2) is 0 Å². The van der Waals surface area contributed by atoms with Gasteiger partial charge in [0.15, 0.2) is 12.1 Å². The van der Waals surface area contributed by atoms with Crippen LogP contribution in [0.4, 0.5) is 11.9 Å². The van der Waals surface area contributed by atoms with Crippen LogP contribution in [0.25, 0.3) is 11.4 Å². The SMILES string of the molecule is CCCCOC(OCCCC)c1ccccc1-c1nc(N)nc(N)n1. The zero-order valence-corrected chi connectivity index (χ0v) is 14.9. The predicted octanol–water partition coefficient (Wildman–Crippen LogP) is 3.33. The Labute approximate surface area is 148 Å². The van der Waals surface area contributed by atoms with E-state index in [0.29, 0.717) is 19.0 Å². The number of unbranched alkanes of at least 4 members (excludes halogenated alkanes) is 2. The molecule has 1 aromatic carbocycles. The molecule has 1 aromatic heterocycles. The molecule has 136 valence electrons. The molecule has 0 aliphatic heterocycles. The highest BCUT2D eigenvalue weighted by atomic mass is 16.7. The Morgan fingerprint density at radius 2 is 1.44 bits per heavy atom. The normalized spacial score (nSPS) is 11.2. The molecule has 0 atom stereocenters. The van der Waals surface area contributed by atoms with Crippen LogP contribution in [-0.4, -0.2) is 28.2 Å². The molecular formula is C18H27N5O2. The number of hydrogen-bond acceptors (Lipinski definition) is 7. The van der Waals surface area contributed by atoms with Crippen molar-refractivity contribution in [2.45, 2.75) is 45.8 Å². The Morgan fingerprint density at radius 1 is 0.880 bits per heavy atom. The number of nitrogen functional groups attached to an aromatic ring is 2. The Bertz CT molecular complexity index is 635. The molecule has 0 spiro atoms. The first-order valence-electron chi connectivity index (χ1n) is 8.75. The molecule has 0 saturated carbocycles. The van der Waals surface area contributed by atoms with Gasteiger partial charge in [0.05, 0.1) is 13.2 Å². The topological polar surface area (TPSA) is 109 Å². The second-order valence-electron chi connectivity index (χ2n) is 5.74. The molecule has 4 N–H and O–H groups in total. The van der Waals surface area contributed by atoms with Crippen molar-refractivity contribution in [1.29, 1.82) is 0 Å². The summed E-state index contributed by atoms with van der Waals surface area (Å²) in [6, 6.07) is 7.70. The molecule has 0 fully saturated rings. The maximum Gasteiger partial charge on any atom is 0.225 e. The van der Waals surface area contributed by atoms with Gasteiger partial charge in [-0.05, 0) is 12.8 Å². The van der Waals surface area contributed by atoms with Gasteiger partial charge < -0.3 is 20.9 Å². The minimum atomic E-state index is -0.478. The lowest BCUT2D eigenvalue weighted by atomic mass is 10.1. The lowest BCUT2D eigenvalue weighted by Crippen LogP contribution is -2.13. The fourth-order valence-electron chi connectivity index (χ4n) is 2.33. The van der Waals surface area contributed by atoms with Crippen molar-refractivity contribution in [3.8, 4) is 11.4 Å². The number of anilines is 2. The van der Waals surface area contributed by atoms with Gasteiger partial charge in [0, 0.05) is 11.1 Å². The van der Waals surface area contributed by atoms with Crippen molar-refractivity contribution in [2.75, 3.05) is 24.7 Å². The number of rotatable bonds is 10. The summed E-state index contributed by atoms with van der Waals surface area (Å²) in [6.45, 7) is 5.51. The van der Waals surface area contributed by atoms with E-state index in [1.807, 2.05) is 24.3 Å². The Kier molecular flexibility index (Phi) is 7.56. The quantitative estimate of drug-likeness (QED) is 0.502. The third-order valence-corrected chi connectivity index (χ3v) is 3.66. The molecule has 0 bridgehead atoms. The fraction of sp³-hybridized carbons (Fsp3) is 0.500. The summed E-state index contributed by atoms with van der Waals surface area (Å²) in [4.78, 5) is 12.2. The highest BCUT2D eigenvalue weighted by Gasteiger charge is 2.19. The lowest BCUT2D eigenvalue weighted by Gasteiger charge is -2.21. The molecule has 25 heavy (non-hydrogen) atoms. The van der Waals surface area contributed by atoms with Gasteiger partial charge >= 0.3 is 0 Å². The van der Waals surface area contributed by atoms with Gasteiger partial charge in [-0.1, -0.05) is 51.0 Å². The molecule has 0 saturated heterocycles. The number of ether oxygens (including phenoxy) is 2. The summed E-state index contributed by atoms with van der Waals surface area (Å²) in [6.07, 6.45) is 3.59. The first kappa shape index (κ1) is 19.1. The molecule has 1 heterocycles. The van der Waals surface area contributed by atoms with Crippen LogP contribution in [0.3, 0.4) is 0 Å². The predicted molar refractivity (Wildman–Crippen MR) is 98.5 cm³/mol. The molecule has 0 aliphatic carbocycles. The fourth-order valence-corrected chi connectivity index (χ4v) is 2.33. The molecule has 0 aliphatic rings. The Morgan fingerprint density at radius 3 is 2.00 bits per heavy atom. The van der Waals surface area contributed by atoms with E-state index in [-0.39, 0.29) is 11.9 Å². The minimum Gasteiger partial charge on any atom is -0.368 e. The maximum absolute atomic E-state index is 5.98. The van der Waals surface area contributed by atoms with Crippen LogP contribution in [0, 0.1) is 0 Å². The van der Waals surface area contributed by atoms with Crippen molar-refractivity contribution in [3.63, 3.8) is 0 Å². The number of aromatic nitrogens is 3. The van der Waals surface area contributed by atoms with Crippen LogP contribution >= 0.6 is 0 Å². The van der Waals surface area contributed by atoms with Gasteiger partial charge in [-0.15, -0.1) is 0 Å². The summed E-state index contributed by atoms with van der Waals surface area (Å²) >= 11 is 0. The molecule has 2 aromatic rings. The van der Waals surface area contributed by atoms with E-state index < -0.39 is 6.29 Å². The van der Waals surface area contributed by atoms with E-state index in [1.54, 1.807) is 0 Å². The number of nitrogens with zero attached hydrogens (tertiary/aromatic N) is 3. The first-order chi connectivity index (χ1) is 12.2. The van der Waals surface area contributed by atoms with Crippen LogP contribution < -0.4 is 11.5 Å². The zero-order valence-electron chi connectivity index (χ0n) is 14.9. The van der Waals surface area contributed by atoms with Crippen molar-refractivity contribution < 1.29 is 9.47 Å². The van der Waals surface area contributed by atoms with Crippen molar-refractivity contribution in [1.82, 2.24) is 15.0 Å². The number of hydrogen-bond donors (Lipinski definition) is 2. The third kappa shape index (κ3) is 5.65. The standard InChI is InChI=1S/C18H27N5O2/c1-3-5-11-24-16(25-12-6-4-2)14-10-8-7-9-13(14)15-21-17(19)23-18(20)22-15/h7-10,16H,3-6,11-12H2,1-2H3,(H4,19,20,21,22,23). The van der Waals surface area contributed by atoms with Crippen LogP contribution in [-0.2, 0) is 9.47 Å². The van der Waals surface area contributed by atoms with E-state index >= 15 is 0 Å². The summed E-state index contributed by atoms with van der Waals surface area (Å²) in [5.74, 6) is 0.601. The second kappa shape index (κ2) is 9.90. The highest BCUT2D eigenvalue weighted by Crippen LogP contribution is 2.30. The lowest BCUT2D eigenvalue weighted by molar-refractivity contribution is -0.147. The molecule has 0 radical (unpaired) electrons. The van der Waals surface area contributed by atoms with Crippen LogP contribution in [0.2, 0.25) is 0 Å². The molecular weight excluding hydrogens is 318 g/mol. The second-order valence-corrected chi connectivity index (χ2v) is 5.74. The molecule has 7 heteroatoms. The Hall–Kier alpha value is -2.25. The van der Waals surface area contributed by atoms with Gasteiger partial charge in [-0.3, -0.25) is 0 Å². The summed E-state index contributed by atoms with van der Waals surface area (Å²) in [7, 11) is 0. The van der Waals surface area contributed by atoms with Crippen LogP contribution in [0.5, 0.6) is 0 Å². The summed E-state index contributed by atoms with van der Waals surface area (Å²) in [5, 5.41) is 0. The number of nitrogens with two attached hydrogens (primary N) is 2. The largest absolute Gasteiger partial charge is 0.368 e. The van der Waals surface area contributed by atoms with Crippen LogP contribution in [0.1, 0.15) is 51.4 Å². The average molecular weight is 345 g/mol. The van der Waals surface area contributed by atoms with E-state index in [1.165, 1.54) is 0 Å². The van der Waals surface area contributed by atoms with E-state index in [9.17, 15) is 0 Å². The first-order valence-corrected chi connectivity index (χ1v) is 8.75. The van der Waals surface area contributed by atoms with Crippen molar-refractivity contribution in [3.05, 3.63) is 29.8 Å².